The predicted octanol–water partition coefficient (Wildman–Crippen LogP) is 3.93. The number of hydrogen-bond donors (Lipinski definition) is 0. The van der Waals surface area contributed by atoms with E-state index in [1.807, 2.05) is 30.3 Å². The summed E-state index contributed by atoms with van der Waals surface area (Å²) in [5.41, 5.74) is 1.68. The summed E-state index contributed by atoms with van der Waals surface area (Å²) < 4.78 is 12.8. The van der Waals surface area contributed by atoms with Crippen molar-refractivity contribution in [3.8, 4) is 0 Å². The molecule has 0 amide bonds. The largest absolute Gasteiger partial charge is 0.371 e. The van der Waals surface area contributed by atoms with Crippen LogP contribution in [0.5, 0.6) is 0 Å². The second-order valence-corrected chi connectivity index (χ2v) is 4.60. The Morgan fingerprint density at radius 3 is 2.30 bits per heavy atom. The lowest BCUT2D eigenvalue weighted by molar-refractivity contribution is 0.0984. The number of anilines is 1. The molecule has 0 heterocycles. The number of hydrogen-bond acceptors (Lipinski definition) is 2. The van der Waals surface area contributed by atoms with E-state index in [-0.39, 0.29) is 11.6 Å². The summed E-state index contributed by atoms with van der Waals surface area (Å²) in [6, 6.07) is 15.7. The van der Waals surface area contributed by atoms with Crippen LogP contribution >= 0.6 is 0 Å². The third-order valence-electron chi connectivity index (χ3n) is 3.28. The van der Waals surface area contributed by atoms with E-state index >= 15 is 0 Å². The van der Waals surface area contributed by atoms with Gasteiger partial charge in [0, 0.05) is 30.8 Å². The lowest BCUT2D eigenvalue weighted by atomic mass is 10.1. The molecule has 2 aromatic carbocycles. The molecule has 0 saturated heterocycles. The second kappa shape index (κ2) is 6.85. The molecule has 0 spiro atoms. The summed E-state index contributed by atoms with van der Waals surface area (Å²) in [5.74, 6) is -0.277. The molecule has 0 saturated carbocycles. The van der Waals surface area contributed by atoms with Crippen LogP contribution in [-0.2, 0) is 0 Å². The van der Waals surface area contributed by atoms with Crippen LogP contribution in [0.15, 0.2) is 54.6 Å². The highest BCUT2D eigenvalue weighted by atomic mass is 19.1. The third kappa shape index (κ3) is 3.67. The van der Waals surface area contributed by atoms with Gasteiger partial charge in [0.15, 0.2) is 5.78 Å². The normalized spacial score (nSPS) is 10.3. The number of benzene rings is 2. The summed E-state index contributed by atoms with van der Waals surface area (Å²) in [4.78, 5) is 14.2. The van der Waals surface area contributed by atoms with Gasteiger partial charge in [-0.05, 0) is 43.3 Å². The van der Waals surface area contributed by atoms with Gasteiger partial charge >= 0.3 is 0 Å². The van der Waals surface area contributed by atoms with Gasteiger partial charge in [0.1, 0.15) is 5.82 Å². The fraction of sp³-hybridized carbons (Fsp3) is 0.235. The van der Waals surface area contributed by atoms with Crippen molar-refractivity contribution in [2.24, 2.45) is 0 Å². The number of carbonyl (C=O) groups excluding carboxylic acids is 1. The van der Waals surface area contributed by atoms with E-state index in [0.717, 1.165) is 12.2 Å². The molecule has 0 aliphatic rings. The Kier molecular flexibility index (Phi) is 4.88. The Morgan fingerprint density at radius 2 is 1.70 bits per heavy atom. The van der Waals surface area contributed by atoms with Gasteiger partial charge in [-0.2, -0.15) is 0 Å². The molecule has 2 aromatic rings. The SMILES string of the molecule is CCN(CCC(=O)c1ccc(F)cc1)c1ccccc1. The number of para-hydroxylation sites is 1. The van der Waals surface area contributed by atoms with Gasteiger partial charge in [-0.1, -0.05) is 18.2 Å². The van der Waals surface area contributed by atoms with Crippen molar-refractivity contribution in [1.29, 1.82) is 0 Å². The highest BCUT2D eigenvalue weighted by molar-refractivity contribution is 5.96. The van der Waals surface area contributed by atoms with E-state index in [1.54, 1.807) is 0 Å². The zero-order valence-electron chi connectivity index (χ0n) is 11.6. The number of carbonyl (C=O) groups is 1. The number of halogens is 1. The van der Waals surface area contributed by atoms with Crippen LogP contribution in [0.3, 0.4) is 0 Å². The molecule has 20 heavy (non-hydrogen) atoms. The maximum atomic E-state index is 12.8. The van der Waals surface area contributed by atoms with Gasteiger partial charge in [0.05, 0.1) is 0 Å². The first-order valence-electron chi connectivity index (χ1n) is 6.79. The summed E-state index contributed by atoms with van der Waals surface area (Å²) in [7, 11) is 0. The first kappa shape index (κ1) is 14.3. The van der Waals surface area contributed by atoms with Crippen LogP contribution in [-0.4, -0.2) is 18.9 Å². The fourth-order valence-corrected chi connectivity index (χ4v) is 2.13. The molecule has 0 radical (unpaired) electrons. The van der Waals surface area contributed by atoms with Gasteiger partial charge < -0.3 is 4.90 Å². The topological polar surface area (TPSA) is 20.3 Å². The maximum Gasteiger partial charge on any atom is 0.164 e. The minimum Gasteiger partial charge on any atom is -0.371 e. The van der Waals surface area contributed by atoms with Crippen LogP contribution in [0.1, 0.15) is 23.7 Å². The van der Waals surface area contributed by atoms with Crippen LogP contribution in [0.25, 0.3) is 0 Å². The van der Waals surface area contributed by atoms with E-state index in [0.29, 0.717) is 18.5 Å². The van der Waals surface area contributed by atoms with Crippen molar-refractivity contribution in [1.82, 2.24) is 0 Å². The fourth-order valence-electron chi connectivity index (χ4n) is 2.13. The summed E-state index contributed by atoms with van der Waals surface area (Å²) in [6.45, 7) is 3.58. The minimum absolute atomic E-state index is 0.0411. The maximum absolute atomic E-state index is 12.8. The molecule has 2 nitrogen and oxygen atoms in total. The van der Waals surface area contributed by atoms with E-state index in [2.05, 4.69) is 11.8 Å². The van der Waals surface area contributed by atoms with Crippen LogP contribution in [0, 0.1) is 5.82 Å². The summed E-state index contributed by atoms with van der Waals surface area (Å²) in [5, 5.41) is 0. The zero-order valence-corrected chi connectivity index (χ0v) is 11.6. The van der Waals surface area contributed by atoms with Crippen LogP contribution in [0.2, 0.25) is 0 Å². The Morgan fingerprint density at radius 1 is 1.05 bits per heavy atom. The molecule has 0 aliphatic carbocycles. The molecule has 0 N–H and O–H groups in total. The molecular weight excluding hydrogens is 253 g/mol. The lowest BCUT2D eigenvalue weighted by Gasteiger charge is -2.22. The zero-order chi connectivity index (χ0) is 14.4. The predicted molar refractivity (Wildman–Crippen MR) is 79.7 cm³/mol. The Bertz CT molecular complexity index is 551. The van der Waals surface area contributed by atoms with Gasteiger partial charge in [-0.3, -0.25) is 4.79 Å². The summed E-state index contributed by atoms with van der Waals surface area (Å²) >= 11 is 0. The third-order valence-corrected chi connectivity index (χ3v) is 3.28. The number of Topliss-reactive ketones (excluding diaryl/α,β-unsaturated/α-hetero) is 1. The van der Waals surface area contributed by atoms with Crippen molar-refractivity contribution in [2.45, 2.75) is 13.3 Å². The second-order valence-electron chi connectivity index (χ2n) is 4.60. The molecule has 0 atom stereocenters. The highest BCUT2D eigenvalue weighted by Gasteiger charge is 2.09. The van der Waals surface area contributed by atoms with Gasteiger partial charge in [0.2, 0.25) is 0 Å². The Hall–Kier alpha value is -2.16. The van der Waals surface area contributed by atoms with Gasteiger partial charge in [-0.15, -0.1) is 0 Å². The van der Waals surface area contributed by atoms with Crippen molar-refractivity contribution in [3.63, 3.8) is 0 Å². The van der Waals surface area contributed by atoms with Crippen molar-refractivity contribution >= 4 is 11.5 Å². The molecule has 0 bridgehead atoms. The highest BCUT2D eigenvalue weighted by Crippen LogP contribution is 2.14. The molecule has 0 aliphatic heterocycles. The molecule has 3 heteroatoms. The number of nitrogens with zero attached hydrogens (tertiary/aromatic N) is 1. The average molecular weight is 271 g/mol. The molecular formula is C17H18FNO. The molecule has 0 unspecified atom stereocenters. The first-order chi connectivity index (χ1) is 9.70. The van der Waals surface area contributed by atoms with E-state index in [4.69, 9.17) is 0 Å². The van der Waals surface area contributed by atoms with Crippen LogP contribution < -0.4 is 4.90 Å². The van der Waals surface area contributed by atoms with E-state index in [9.17, 15) is 9.18 Å². The monoisotopic (exact) mass is 271 g/mol. The van der Waals surface area contributed by atoms with Crippen molar-refractivity contribution in [3.05, 3.63) is 66.0 Å². The summed E-state index contributed by atoms with van der Waals surface area (Å²) in [6.07, 6.45) is 0.425. The minimum atomic E-state index is -0.318. The smallest absolute Gasteiger partial charge is 0.164 e. The standard InChI is InChI=1S/C17H18FNO/c1-2-19(16-6-4-3-5-7-16)13-12-17(20)14-8-10-15(18)11-9-14/h3-11H,2,12-13H2,1H3. The molecule has 0 fully saturated rings. The van der Waals surface area contributed by atoms with Crippen LogP contribution in [0.4, 0.5) is 10.1 Å². The van der Waals surface area contributed by atoms with Crippen molar-refractivity contribution < 1.29 is 9.18 Å². The molecule has 2 rings (SSSR count). The Labute approximate surface area is 118 Å². The van der Waals surface area contributed by atoms with E-state index < -0.39 is 0 Å². The average Bonchev–Trinajstić information content (AvgIpc) is 2.49. The van der Waals surface area contributed by atoms with E-state index in [1.165, 1.54) is 24.3 Å². The van der Waals surface area contributed by atoms with Gasteiger partial charge in [0.25, 0.3) is 0 Å². The quantitative estimate of drug-likeness (QED) is 0.742. The lowest BCUT2D eigenvalue weighted by Crippen LogP contribution is -2.25. The number of ketones is 1. The first-order valence-corrected chi connectivity index (χ1v) is 6.79. The number of rotatable bonds is 6. The molecule has 0 aromatic heterocycles. The van der Waals surface area contributed by atoms with Crippen molar-refractivity contribution in [2.75, 3.05) is 18.0 Å². The van der Waals surface area contributed by atoms with Gasteiger partial charge in [-0.25, -0.2) is 4.39 Å². The Balaban J connectivity index is 1.96. The molecule has 104 valence electrons.